The second kappa shape index (κ2) is 13.2. The minimum absolute atomic E-state index is 0.0536. The third-order valence-corrected chi connectivity index (χ3v) is 5.38. The van der Waals surface area contributed by atoms with E-state index in [0.717, 1.165) is 11.6 Å². The predicted molar refractivity (Wildman–Crippen MR) is 126 cm³/mol. The molecule has 10 heteroatoms. The van der Waals surface area contributed by atoms with Crippen LogP contribution in [0, 0.1) is 10.1 Å². The molecule has 0 heterocycles. The molecule has 0 aliphatic carbocycles. The van der Waals surface area contributed by atoms with Crippen molar-refractivity contribution in [3.05, 3.63) is 75.8 Å². The number of ether oxygens (including phenoxy) is 1. The van der Waals surface area contributed by atoms with Gasteiger partial charge in [0.05, 0.1) is 4.92 Å². The number of thioether (sulfide) groups is 1. The first-order chi connectivity index (χ1) is 15.8. The van der Waals surface area contributed by atoms with E-state index in [4.69, 9.17) is 4.74 Å². The van der Waals surface area contributed by atoms with Crippen molar-refractivity contribution in [2.45, 2.75) is 31.9 Å². The molecule has 0 saturated carbocycles. The van der Waals surface area contributed by atoms with Crippen LogP contribution in [0.25, 0.3) is 0 Å². The molecule has 2 N–H and O–H groups in total. The number of hydrogen-bond acceptors (Lipinski definition) is 7. The van der Waals surface area contributed by atoms with E-state index in [9.17, 15) is 24.5 Å². The quantitative estimate of drug-likeness (QED) is 0.276. The van der Waals surface area contributed by atoms with Crippen LogP contribution in [0.2, 0.25) is 0 Å². The normalized spacial score (nSPS) is 12.3. The smallest absolute Gasteiger partial charge is 0.329 e. The van der Waals surface area contributed by atoms with Gasteiger partial charge in [0, 0.05) is 24.2 Å². The van der Waals surface area contributed by atoms with E-state index in [0.29, 0.717) is 18.7 Å². The molecule has 9 nitrogen and oxygen atoms in total. The Hall–Kier alpha value is -3.40. The predicted octanol–water partition coefficient (Wildman–Crippen LogP) is 2.74. The Balaban J connectivity index is 1.93. The molecule has 2 amide bonds. The van der Waals surface area contributed by atoms with Gasteiger partial charge in [-0.2, -0.15) is 11.8 Å². The lowest BCUT2D eigenvalue weighted by molar-refractivity contribution is -0.384. The molecule has 0 aliphatic rings. The summed E-state index contributed by atoms with van der Waals surface area (Å²) < 4.78 is 5.29. The number of amides is 2. The van der Waals surface area contributed by atoms with Crippen LogP contribution >= 0.6 is 11.8 Å². The molecular formula is C23H27N3O6S. The van der Waals surface area contributed by atoms with Crippen LogP contribution in [-0.2, 0) is 20.7 Å². The number of hydrogen-bond donors (Lipinski definition) is 2. The van der Waals surface area contributed by atoms with Crippen LogP contribution in [0.5, 0.6) is 0 Å². The highest BCUT2D eigenvalue weighted by molar-refractivity contribution is 7.98. The van der Waals surface area contributed by atoms with Gasteiger partial charge in [-0.3, -0.25) is 19.7 Å². The van der Waals surface area contributed by atoms with E-state index in [1.54, 1.807) is 0 Å². The summed E-state index contributed by atoms with van der Waals surface area (Å²) in [5.41, 5.74) is 0.896. The molecule has 33 heavy (non-hydrogen) atoms. The number of nitrogens with zero attached hydrogens (tertiary/aromatic N) is 1. The number of rotatable bonds is 12. The summed E-state index contributed by atoms with van der Waals surface area (Å²) >= 11 is 1.48. The average molecular weight is 474 g/mol. The van der Waals surface area contributed by atoms with Crippen LogP contribution in [-0.4, -0.2) is 53.4 Å². The molecule has 2 atom stereocenters. The van der Waals surface area contributed by atoms with E-state index in [1.165, 1.54) is 36.9 Å². The Labute approximate surface area is 196 Å². The van der Waals surface area contributed by atoms with Gasteiger partial charge in [-0.15, -0.1) is 0 Å². The van der Waals surface area contributed by atoms with Crippen molar-refractivity contribution < 1.29 is 24.0 Å². The molecule has 2 aromatic carbocycles. The highest BCUT2D eigenvalue weighted by Crippen LogP contribution is 2.14. The minimum Gasteiger partial charge on any atom is -0.451 e. The van der Waals surface area contributed by atoms with Crippen LogP contribution in [0.4, 0.5) is 5.69 Å². The summed E-state index contributed by atoms with van der Waals surface area (Å²) in [4.78, 5) is 47.9. The van der Waals surface area contributed by atoms with E-state index in [2.05, 4.69) is 10.6 Å². The number of nitrogens with one attached hydrogen (secondary N) is 2. The first-order valence-corrected chi connectivity index (χ1v) is 11.8. The van der Waals surface area contributed by atoms with Gasteiger partial charge in [-0.05, 0) is 43.4 Å². The lowest BCUT2D eigenvalue weighted by atomic mass is 10.1. The number of esters is 1. The van der Waals surface area contributed by atoms with E-state index < -0.39 is 34.9 Å². The summed E-state index contributed by atoms with van der Waals surface area (Å²) in [6.45, 7) is 1.86. The Morgan fingerprint density at radius 1 is 1.12 bits per heavy atom. The molecule has 2 rings (SSSR count). The van der Waals surface area contributed by atoms with Gasteiger partial charge >= 0.3 is 5.97 Å². The van der Waals surface area contributed by atoms with Crippen molar-refractivity contribution in [1.82, 2.24) is 10.6 Å². The van der Waals surface area contributed by atoms with Gasteiger partial charge in [0.15, 0.2) is 6.10 Å². The average Bonchev–Trinajstić information content (AvgIpc) is 2.82. The van der Waals surface area contributed by atoms with Gasteiger partial charge in [0.25, 0.3) is 17.5 Å². The third-order valence-electron chi connectivity index (χ3n) is 4.74. The monoisotopic (exact) mass is 473 g/mol. The lowest BCUT2D eigenvalue weighted by Gasteiger charge is -2.20. The molecule has 0 fully saturated rings. The van der Waals surface area contributed by atoms with E-state index in [-0.39, 0.29) is 17.7 Å². The molecule has 176 valence electrons. The fourth-order valence-electron chi connectivity index (χ4n) is 2.92. The Bertz CT molecular complexity index is 970. The molecular weight excluding hydrogens is 446 g/mol. The van der Waals surface area contributed by atoms with Crippen LogP contribution in [0.1, 0.15) is 29.3 Å². The molecule has 0 bridgehead atoms. The number of benzene rings is 2. The van der Waals surface area contributed by atoms with Crippen LogP contribution in [0.15, 0.2) is 54.6 Å². The number of carbonyl (C=O) groups is 3. The molecule has 0 radical (unpaired) electrons. The van der Waals surface area contributed by atoms with Gasteiger partial charge < -0.3 is 15.4 Å². The molecule has 2 unspecified atom stereocenters. The summed E-state index contributed by atoms with van der Waals surface area (Å²) in [5.74, 6) is -1.25. The SMILES string of the molecule is CSCCC(NC(=O)c1cccc([N+](=O)[O-])c1)C(=O)OC(C)C(=O)NCCc1ccccc1. The highest BCUT2D eigenvalue weighted by Gasteiger charge is 2.27. The van der Waals surface area contributed by atoms with Crippen molar-refractivity contribution in [2.75, 3.05) is 18.6 Å². The maximum Gasteiger partial charge on any atom is 0.329 e. The van der Waals surface area contributed by atoms with Gasteiger partial charge in [-0.25, -0.2) is 4.79 Å². The molecule has 0 aliphatic heterocycles. The highest BCUT2D eigenvalue weighted by atomic mass is 32.2. The third kappa shape index (κ3) is 8.57. The maximum absolute atomic E-state index is 12.7. The molecule has 0 saturated heterocycles. The number of carbonyl (C=O) groups excluding carboxylic acids is 3. The summed E-state index contributed by atoms with van der Waals surface area (Å²) in [5, 5.41) is 16.2. The first kappa shape index (κ1) is 25.9. The number of non-ortho nitro benzene ring substituents is 1. The largest absolute Gasteiger partial charge is 0.451 e. The van der Waals surface area contributed by atoms with Gasteiger partial charge in [-0.1, -0.05) is 36.4 Å². The summed E-state index contributed by atoms with van der Waals surface area (Å²) in [6, 6.07) is 13.9. The van der Waals surface area contributed by atoms with Gasteiger partial charge in [0.1, 0.15) is 6.04 Å². The zero-order chi connectivity index (χ0) is 24.2. The zero-order valence-corrected chi connectivity index (χ0v) is 19.3. The Kier molecular flexibility index (Phi) is 10.4. The topological polar surface area (TPSA) is 128 Å². The maximum atomic E-state index is 12.7. The summed E-state index contributed by atoms with van der Waals surface area (Å²) in [6.07, 6.45) is 1.74. The fourth-order valence-corrected chi connectivity index (χ4v) is 3.39. The Morgan fingerprint density at radius 2 is 1.85 bits per heavy atom. The second-order valence-corrected chi connectivity index (χ2v) is 8.21. The van der Waals surface area contributed by atoms with Crippen molar-refractivity contribution in [1.29, 1.82) is 0 Å². The number of nitro benzene ring substituents is 1. The van der Waals surface area contributed by atoms with Gasteiger partial charge in [0.2, 0.25) is 0 Å². The van der Waals surface area contributed by atoms with Crippen molar-refractivity contribution in [3.63, 3.8) is 0 Å². The lowest BCUT2D eigenvalue weighted by Crippen LogP contribution is -2.45. The van der Waals surface area contributed by atoms with Crippen molar-refractivity contribution >= 4 is 35.2 Å². The standard InChI is InChI=1S/C23H27N3O6S/c1-16(21(27)24-13-11-17-7-4-3-5-8-17)32-23(29)20(12-14-33-2)25-22(28)18-9-6-10-19(15-18)26(30)31/h3-10,15-16,20H,11-14H2,1-2H3,(H,24,27)(H,25,28). The minimum atomic E-state index is -1.04. The van der Waals surface area contributed by atoms with Crippen LogP contribution in [0.3, 0.4) is 0 Å². The summed E-state index contributed by atoms with van der Waals surface area (Å²) in [7, 11) is 0. The molecule has 0 aromatic heterocycles. The second-order valence-electron chi connectivity index (χ2n) is 7.22. The number of nitro groups is 1. The van der Waals surface area contributed by atoms with Crippen LogP contribution < -0.4 is 10.6 Å². The molecule has 2 aromatic rings. The molecule has 0 spiro atoms. The van der Waals surface area contributed by atoms with Crippen molar-refractivity contribution in [3.8, 4) is 0 Å². The first-order valence-electron chi connectivity index (χ1n) is 10.4. The van der Waals surface area contributed by atoms with Crippen molar-refractivity contribution in [2.24, 2.45) is 0 Å². The zero-order valence-electron chi connectivity index (χ0n) is 18.5. The Morgan fingerprint density at radius 3 is 2.52 bits per heavy atom. The van der Waals surface area contributed by atoms with E-state index >= 15 is 0 Å². The fraction of sp³-hybridized carbons (Fsp3) is 0.348. The van der Waals surface area contributed by atoms with E-state index in [1.807, 2.05) is 36.6 Å².